The third-order valence-electron chi connectivity index (χ3n) is 2.15. The first-order valence-electron chi connectivity index (χ1n) is 4.77. The van der Waals surface area contributed by atoms with Crippen LogP contribution < -0.4 is 5.73 Å². The molecule has 0 saturated heterocycles. The van der Waals surface area contributed by atoms with Crippen molar-refractivity contribution >= 4 is 5.91 Å². The van der Waals surface area contributed by atoms with Gasteiger partial charge < -0.3 is 10.8 Å². The number of hydrogen-bond acceptors (Lipinski definition) is 2. The molecule has 3 heteroatoms. The summed E-state index contributed by atoms with van der Waals surface area (Å²) in [5.41, 5.74) is 6.36. The van der Waals surface area contributed by atoms with Crippen molar-refractivity contribution in [3.8, 4) is 5.75 Å². The molecular weight excluding hydrogens is 178 g/mol. The van der Waals surface area contributed by atoms with Crippen LogP contribution in [0.5, 0.6) is 5.75 Å². The first-order valence-corrected chi connectivity index (χ1v) is 4.77. The fourth-order valence-corrected chi connectivity index (χ4v) is 1.32. The Morgan fingerprint density at radius 3 is 2.79 bits per heavy atom. The van der Waals surface area contributed by atoms with Crippen LogP contribution in [0.25, 0.3) is 0 Å². The van der Waals surface area contributed by atoms with E-state index in [1.54, 1.807) is 6.07 Å². The van der Waals surface area contributed by atoms with Gasteiger partial charge in [-0.25, -0.2) is 0 Å². The lowest BCUT2D eigenvalue weighted by Gasteiger charge is -2.04. The zero-order valence-electron chi connectivity index (χ0n) is 8.29. The second-order valence-electron chi connectivity index (χ2n) is 3.32. The monoisotopic (exact) mass is 193 g/mol. The fraction of sp³-hybridized carbons (Fsp3) is 0.364. The number of rotatable bonds is 4. The SMILES string of the molecule is CCCCc1ccc(O)c(C(N)=O)c1. The van der Waals surface area contributed by atoms with Gasteiger partial charge in [0.05, 0.1) is 5.56 Å². The van der Waals surface area contributed by atoms with Crippen molar-refractivity contribution < 1.29 is 9.90 Å². The van der Waals surface area contributed by atoms with E-state index in [4.69, 9.17) is 5.73 Å². The van der Waals surface area contributed by atoms with Crippen molar-refractivity contribution in [2.45, 2.75) is 26.2 Å². The van der Waals surface area contributed by atoms with Crippen LogP contribution in [0.4, 0.5) is 0 Å². The lowest BCUT2D eigenvalue weighted by molar-refractivity contribution is 0.0997. The molecule has 0 spiro atoms. The molecule has 14 heavy (non-hydrogen) atoms. The Morgan fingerprint density at radius 2 is 2.21 bits per heavy atom. The smallest absolute Gasteiger partial charge is 0.252 e. The summed E-state index contributed by atoms with van der Waals surface area (Å²) in [4.78, 5) is 10.9. The minimum Gasteiger partial charge on any atom is -0.507 e. The minimum atomic E-state index is -0.583. The molecule has 0 radical (unpaired) electrons. The van der Waals surface area contributed by atoms with Crippen LogP contribution in [-0.4, -0.2) is 11.0 Å². The highest BCUT2D eigenvalue weighted by Gasteiger charge is 2.07. The third-order valence-corrected chi connectivity index (χ3v) is 2.15. The van der Waals surface area contributed by atoms with E-state index in [9.17, 15) is 9.90 Å². The highest BCUT2D eigenvalue weighted by molar-refractivity contribution is 5.95. The molecule has 0 saturated carbocycles. The average Bonchev–Trinajstić information content (AvgIpc) is 2.16. The largest absolute Gasteiger partial charge is 0.507 e. The minimum absolute atomic E-state index is 0.0438. The van der Waals surface area contributed by atoms with E-state index >= 15 is 0 Å². The maximum atomic E-state index is 10.9. The lowest BCUT2D eigenvalue weighted by atomic mass is 10.0. The zero-order chi connectivity index (χ0) is 10.6. The summed E-state index contributed by atoms with van der Waals surface area (Å²) in [5.74, 6) is -0.626. The first-order chi connectivity index (χ1) is 6.65. The highest BCUT2D eigenvalue weighted by atomic mass is 16.3. The molecule has 76 valence electrons. The summed E-state index contributed by atoms with van der Waals surface area (Å²) in [6.45, 7) is 2.11. The Kier molecular flexibility index (Phi) is 3.51. The molecule has 0 aliphatic heterocycles. The van der Waals surface area contributed by atoms with Gasteiger partial charge >= 0.3 is 0 Å². The van der Waals surface area contributed by atoms with Crippen molar-refractivity contribution in [1.29, 1.82) is 0 Å². The molecule has 0 aliphatic carbocycles. The maximum Gasteiger partial charge on any atom is 0.252 e. The lowest BCUT2D eigenvalue weighted by Crippen LogP contribution is -2.11. The third kappa shape index (κ3) is 2.49. The number of benzene rings is 1. The number of carbonyl (C=O) groups excluding carboxylic acids is 1. The molecule has 0 heterocycles. The van der Waals surface area contributed by atoms with Crippen LogP contribution in [0.15, 0.2) is 18.2 Å². The van der Waals surface area contributed by atoms with Gasteiger partial charge in [-0.1, -0.05) is 19.4 Å². The fourth-order valence-electron chi connectivity index (χ4n) is 1.32. The molecule has 3 N–H and O–H groups in total. The Hall–Kier alpha value is -1.51. The molecule has 0 aromatic heterocycles. The van der Waals surface area contributed by atoms with E-state index in [0.717, 1.165) is 24.8 Å². The van der Waals surface area contributed by atoms with Crippen molar-refractivity contribution in [3.63, 3.8) is 0 Å². The number of nitrogens with two attached hydrogens (primary N) is 1. The van der Waals surface area contributed by atoms with Gasteiger partial charge in [0.2, 0.25) is 0 Å². The first kappa shape index (κ1) is 10.6. The molecule has 1 rings (SSSR count). The van der Waals surface area contributed by atoms with E-state index in [1.165, 1.54) is 6.07 Å². The van der Waals surface area contributed by atoms with E-state index in [-0.39, 0.29) is 11.3 Å². The summed E-state index contributed by atoms with van der Waals surface area (Å²) in [6, 6.07) is 5.00. The Bertz CT molecular complexity index is 334. The van der Waals surface area contributed by atoms with Gasteiger partial charge in [0.15, 0.2) is 0 Å². The van der Waals surface area contributed by atoms with Crippen LogP contribution in [0.2, 0.25) is 0 Å². The van der Waals surface area contributed by atoms with Crippen molar-refractivity contribution in [2.75, 3.05) is 0 Å². The molecule has 0 aliphatic rings. The standard InChI is InChI=1S/C11H15NO2/c1-2-3-4-8-5-6-10(13)9(7-8)11(12)14/h5-7,13H,2-4H2,1H3,(H2,12,14). The van der Waals surface area contributed by atoms with Crippen molar-refractivity contribution in [1.82, 2.24) is 0 Å². The van der Waals surface area contributed by atoms with Crippen LogP contribution >= 0.6 is 0 Å². The van der Waals surface area contributed by atoms with Crippen LogP contribution in [-0.2, 0) is 6.42 Å². The maximum absolute atomic E-state index is 10.9. The number of hydrogen-bond donors (Lipinski definition) is 2. The van der Waals surface area contributed by atoms with Crippen LogP contribution in [0.1, 0.15) is 35.7 Å². The topological polar surface area (TPSA) is 63.3 Å². The van der Waals surface area contributed by atoms with Crippen molar-refractivity contribution in [2.24, 2.45) is 5.73 Å². The van der Waals surface area contributed by atoms with Crippen LogP contribution in [0, 0.1) is 0 Å². The molecule has 0 unspecified atom stereocenters. The Labute approximate surface area is 83.6 Å². The second kappa shape index (κ2) is 4.65. The number of unbranched alkanes of at least 4 members (excludes halogenated alkanes) is 1. The number of phenols is 1. The number of amides is 1. The van der Waals surface area contributed by atoms with Crippen molar-refractivity contribution in [3.05, 3.63) is 29.3 Å². The number of carbonyl (C=O) groups is 1. The predicted octanol–water partition coefficient (Wildman–Crippen LogP) is 1.83. The quantitative estimate of drug-likeness (QED) is 0.766. The zero-order valence-corrected chi connectivity index (χ0v) is 8.29. The van der Waals surface area contributed by atoms with Gasteiger partial charge in [-0.2, -0.15) is 0 Å². The summed E-state index contributed by atoms with van der Waals surface area (Å²) < 4.78 is 0. The second-order valence-corrected chi connectivity index (χ2v) is 3.32. The molecule has 1 aromatic carbocycles. The molecular formula is C11H15NO2. The van der Waals surface area contributed by atoms with Crippen LogP contribution in [0.3, 0.4) is 0 Å². The predicted molar refractivity (Wildman–Crippen MR) is 55.2 cm³/mol. The summed E-state index contributed by atoms with van der Waals surface area (Å²) in [5, 5.41) is 9.33. The molecule has 1 amide bonds. The molecule has 3 nitrogen and oxygen atoms in total. The van der Waals surface area contributed by atoms with Gasteiger partial charge in [-0.15, -0.1) is 0 Å². The van der Waals surface area contributed by atoms with Gasteiger partial charge in [-0.3, -0.25) is 4.79 Å². The van der Waals surface area contributed by atoms with Gasteiger partial charge in [0.1, 0.15) is 5.75 Å². The van der Waals surface area contributed by atoms with E-state index in [1.807, 2.05) is 6.07 Å². The van der Waals surface area contributed by atoms with E-state index in [0.29, 0.717) is 0 Å². The summed E-state index contributed by atoms with van der Waals surface area (Å²) in [7, 11) is 0. The number of primary amides is 1. The van der Waals surface area contributed by atoms with E-state index < -0.39 is 5.91 Å². The number of aromatic hydroxyl groups is 1. The Balaban J connectivity index is 2.89. The molecule has 1 aromatic rings. The van der Waals surface area contributed by atoms with Gasteiger partial charge in [0.25, 0.3) is 5.91 Å². The number of aryl methyl sites for hydroxylation is 1. The van der Waals surface area contributed by atoms with Gasteiger partial charge in [-0.05, 0) is 30.5 Å². The highest BCUT2D eigenvalue weighted by Crippen LogP contribution is 2.18. The van der Waals surface area contributed by atoms with E-state index in [2.05, 4.69) is 6.92 Å². The average molecular weight is 193 g/mol. The molecule has 0 fully saturated rings. The molecule has 0 bridgehead atoms. The van der Waals surface area contributed by atoms with Gasteiger partial charge in [0, 0.05) is 0 Å². The Morgan fingerprint density at radius 1 is 1.50 bits per heavy atom. The summed E-state index contributed by atoms with van der Waals surface area (Å²) >= 11 is 0. The molecule has 0 atom stereocenters. The normalized spacial score (nSPS) is 10.1. The summed E-state index contributed by atoms with van der Waals surface area (Å²) in [6.07, 6.45) is 3.09.